The van der Waals surface area contributed by atoms with Crippen LogP contribution in [0.5, 0.6) is 0 Å². The lowest BCUT2D eigenvalue weighted by Crippen LogP contribution is -2.43. The molecule has 1 amide bonds. The van der Waals surface area contributed by atoms with Crippen LogP contribution in [0.1, 0.15) is 36.3 Å². The number of likely N-dealkylation sites (tertiary alicyclic amines) is 1. The molecule has 0 radical (unpaired) electrons. The molecule has 4 heterocycles. The summed E-state index contributed by atoms with van der Waals surface area (Å²) in [7, 11) is 0. The number of pyridine rings is 1. The molecule has 1 N–H and O–H groups in total. The Kier molecular flexibility index (Phi) is 5.79. The first kappa shape index (κ1) is 18.1. The summed E-state index contributed by atoms with van der Waals surface area (Å²) >= 11 is 0. The van der Waals surface area contributed by atoms with Crippen LogP contribution in [0.25, 0.3) is 0 Å². The number of nitrogens with one attached hydrogen (secondary N) is 1. The van der Waals surface area contributed by atoms with Crippen molar-refractivity contribution >= 4 is 5.91 Å². The number of aryl methyl sites for hydroxylation is 1. The molecule has 0 aliphatic carbocycles. The maximum atomic E-state index is 12.6. The standard InChI is InChI=1S/C20H27N5O2/c26-20(7-6-16-12-18-13-21-9-11-25(18)23-16)24-10-3-5-19(14-24)27-15-17-4-1-2-8-22-17/h1-2,4,8,12,19,21H,3,5-7,9-11,13-15H2/t19-/m1/s1. The number of fused-ring (bicyclic) bond motifs is 1. The van der Waals surface area contributed by atoms with Gasteiger partial charge in [0.2, 0.25) is 5.91 Å². The lowest BCUT2D eigenvalue weighted by molar-refractivity contribution is -0.135. The fraction of sp³-hybridized carbons (Fsp3) is 0.550. The van der Waals surface area contributed by atoms with Gasteiger partial charge in [0.15, 0.2) is 0 Å². The van der Waals surface area contributed by atoms with Gasteiger partial charge in [0.05, 0.1) is 36.3 Å². The first-order valence-electron chi connectivity index (χ1n) is 9.83. The summed E-state index contributed by atoms with van der Waals surface area (Å²) < 4.78 is 8.04. The van der Waals surface area contributed by atoms with Crippen molar-refractivity contribution in [2.45, 2.75) is 51.5 Å². The van der Waals surface area contributed by atoms with Gasteiger partial charge in [0.1, 0.15) is 0 Å². The first-order chi connectivity index (χ1) is 13.3. The number of amides is 1. The molecular weight excluding hydrogens is 342 g/mol. The minimum absolute atomic E-state index is 0.0932. The summed E-state index contributed by atoms with van der Waals surface area (Å²) in [5.74, 6) is 0.199. The van der Waals surface area contributed by atoms with Crippen molar-refractivity contribution in [2.24, 2.45) is 0 Å². The molecule has 0 saturated carbocycles. The Labute approximate surface area is 159 Å². The van der Waals surface area contributed by atoms with E-state index >= 15 is 0 Å². The number of ether oxygens (including phenoxy) is 1. The van der Waals surface area contributed by atoms with Gasteiger partial charge in [-0.3, -0.25) is 14.5 Å². The Balaban J connectivity index is 1.25. The average Bonchev–Trinajstić information content (AvgIpc) is 3.14. The zero-order valence-electron chi connectivity index (χ0n) is 15.6. The van der Waals surface area contributed by atoms with E-state index in [2.05, 4.69) is 26.1 Å². The maximum absolute atomic E-state index is 12.6. The third kappa shape index (κ3) is 4.73. The second-order valence-electron chi connectivity index (χ2n) is 7.26. The molecule has 0 spiro atoms. The Bertz CT molecular complexity index is 737. The highest BCUT2D eigenvalue weighted by atomic mass is 16.5. The average molecular weight is 369 g/mol. The molecule has 144 valence electrons. The lowest BCUT2D eigenvalue weighted by Gasteiger charge is -2.32. The largest absolute Gasteiger partial charge is 0.370 e. The SMILES string of the molecule is O=C(CCc1cc2n(n1)CCNC2)N1CCC[C@@H](OCc2ccccn2)C1. The van der Waals surface area contributed by atoms with Crippen molar-refractivity contribution in [3.8, 4) is 0 Å². The van der Waals surface area contributed by atoms with Gasteiger partial charge in [-0.2, -0.15) is 5.10 Å². The van der Waals surface area contributed by atoms with Crippen molar-refractivity contribution in [3.63, 3.8) is 0 Å². The highest BCUT2D eigenvalue weighted by Crippen LogP contribution is 2.17. The van der Waals surface area contributed by atoms with E-state index in [-0.39, 0.29) is 12.0 Å². The van der Waals surface area contributed by atoms with Gasteiger partial charge in [-0.1, -0.05) is 6.07 Å². The molecule has 2 aromatic heterocycles. The molecule has 27 heavy (non-hydrogen) atoms. The quantitative estimate of drug-likeness (QED) is 0.836. The summed E-state index contributed by atoms with van der Waals surface area (Å²) in [4.78, 5) is 18.9. The number of hydrogen-bond donors (Lipinski definition) is 1. The van der Waals surface area contributed by atoms with E-state index in [1.807, 2.05) is 23.1 Å². The van der Waals surface area contributed by atoms with Crippen molar-refractivity contribution in [3.05, 3.63) is 47.5 Å². The predicted octanol–water partition coefficient (Wildman–Crippen LogP) is 1.52. The fourth-order valence-corrected chi connectivity index (χ4v) is 3.76. The van der Waals surface area contributed by atoms with Gasteiger partial charge in [-0.15, -0.1) is 0 Å². The number of piperidine rings is 1. The molecule has 0 aromatic carbocycles. The molecule has 1 atom stereocenters. The van der Waals surface area contributed by atoms with Crippen LogP contribution < -0.4 is 5.32 Å². The normalized spacial score (nSPS) is 19.7. The number of carbonyl (C=O) groups excluding carboxylic acids is 1. The molecular formula is C20H27N5O2. The topological polar surface area (TPSA) is 72.3 Å². The van der Waals surface area contributed by atoms with Crippen LogP contribution >= 0.6 is 0 Å². The number of hydrogen-bond acceptors (Lipinski definition) is 5. The van der Waals surface area contributed by atoms with E-state index in [0.717, 1.165) is 50.4 Å². The molecule has 1 fully saturated rings. The van der Waals surface area contributed by atoms with Crippen molar-refractivity contribution in [1.82, 2.24) is 25.0 Å². The molecule has 0 unspecified atom stereocenters. The molecule has 2 aliphatic rings. The summed E-state index contributed by atoms with van der Waals surface area (Å²) in [6.45, 7) is 4.73. The van der Waals surface area contributed by atoms with Gasteiger partial charge in [0, 0.05) is 45.2 Å². The fourth-order valence-electron chi connectivity index (χ4n) is 3.76. The Morgan fingerprint density at radius 2 is 2.26 bits per heavy atom. The Morgan fingerprint density at radius 1 is 1.30 bits per heavy atom. The second-order valence-corrected chi connectivity index (χ2v) is 7.26. The van der Waals surface area contributed by atoms with E-state index in [9.17, 15) is 4.79 Å². The molecule has 7 heteroatoms. The maximum Gasteiger partial charge on any atom is 0.223 e. The zero-order valence-corrected chi connectivity index (χ0v) is 15.6. The van der Waals surface area contributed by atoms with Crippen LogP contribution in [0.4, 0.5) is 0 Å². The minimum Gasteiger partial charge on any atom is -0.370 e. The highest BCUT2D eigenvalue weighted by molar-refractivity contribution is 5.76. The molecule has 1 saturated heterocycles. The first-order valence-corrected chi connectivity index (χ1v) is 9.83. The molecule has 2 aromatic rings. The van der Waals surface area contributed by atoms with E-state index in [1.165, 1.54) is 5.69 Å². The number of aromatic nitrogens is 3. The molecule has 2 aliphatic heterocycles. The van der Waals surface area contributed by atoms with Crippen LogP contribution in [0.2, 0.25) is 0 Å². The Hall–Kier alpha value is -2.25. The van der Waals surface area contributed by atoms with E-state index < -0.39 is 0 Å². The van der Waals surface area contributed by atoms with Gasteiger partial charge in [-0.25, -0.2) is 0 Å². The van der Waals surface area contributed by atoms with Crippen molar-refractivity contribution in [2.75, 3.05) is 19.6 Å². The molecule has 4 rings (SSSR count). The van der Waals surface area contributed by atoms with Crippen LogP contribution in [0.15, 0.2) is 30.5 Å². The van der Waals surface area contributed by atoms with Gasteiger partial charge in [0.25, 0.3) is 0 Å². The van der Waals surface area contributed by atoms with E-state index in [1.54, 1.807) is 6.20 Å². The number of carbonyl (C=O) groups is 1. The summed E-state index contributed by atoms with van der Waals surface area (Å²) in [6, 6.07) is 7.95. The summed E-state index contributed by atoms with van der Waals surface area (Å²) in [6.07, 6.45) is 5.07. The van der Waals surface area contributed by atoms with Crippen LogP contribution in [-0.4, -0.2) is 51.3 Å². The molecule has 0 bridgehead atoms. The smallest absolute Gasteiger partial charge is 0.223 e. The van der Waals surface area contributed by atoms with Gasteiger partial charge in [-0.05, 0) is 31.0 Å². The number of rotatable bonds is 6. The van der Waals surface area contributed by atoms with Crippen LogP contribution in [0, 0.1) is 0 Å². The van der Waals surface area contributed by atoms with E-state index in [4.69, 9.17) is 4.74 Å². The van der Waals surface area contributed by atoms with Crippen molar-refractivity contribution < 1.29 is 9.53 Å². The van der Waals surface area contributed by atoms with Crippen molar-refractivity contribution in [1.29, 1.82) is 0 Å². The van der Waals surface area contributed by atoms with Gasteiger partial charge >= 0.3 is 0 Å². The van der Waals surface area contributed by atoms with Crippen LogP contribution in [-0.2, 0) is 35.6 Å². The second kappa shape index (κ2) is 8.63. The summed E-state index contributed by atoms with van der Waals surface area (Å²) in [5.41, 5.74) is 3.16. The molecule has 7 nitrogen and oxygen atoms in total. The van der Waals surface area contributed by atoms with Crippen LogP contribution in [0.3, 0.4) is 0 Å². The predicted molar refractivity (Wildman–Crippen MR) is 101 cm³/mol. The lowest BCUT2D eigenvalue weighted by atomic mass is 10.1. The van der Waals surface area contributed by atoms with Gasteiger partial charge < -0.3 is 15.0 Å². The minimum atomic E-state index is 0.0932. The third-order valence-corrected chi connectivity index (χ3v) is 5.24. The third-order valence-electron chi connectivity index (χ3n) is 5.24. The highest BCUT2D eigenvalue weighted by Gasteiger charge is 2.24. The zero-order chi connectivity index (χ0) is 18.5. The monoisotopic (exact) mass is 369 g/mol. The van der Waals surface area contributed by atoms with E-state index in [0.29, 0.717) is 26.0 Å². The number of nitrogens with zero attached hydrogens (tertiary/aromatic N) is 4. The Morgan fingerprint density at radius 3 is 3.11 bits per heavy atom. The summed E-state index contributed by atoms with van der Waals surface area (Å²) in [5, 5.41) is 7.97.